The summed E-state index contributed by atoms with van der Waals surface area (Å²) in [7, 11) is 1.67. The number of guanidine groups is 1. The summed E-state index contributed by atoms with van der Waals surface area (Å²) in [5.41, 5.74) is 1.86. The van der Waals surface area contributed by atoms with Crippen LogP contribution in [0.2, 0.25) is 0 Å². The van der Waals surface area contributed by atoms with E-state index in [1.165, 1.54) is 24.3 Å². The lowest BCUT2D eigenvalue weighted by molar-refractivity contribution is -0.384. The lowest BCUT2D eigenvalue weighted by Gasteiger charge is -2.35. The zero-order valence-electron chi connectivity index (χ0n) is 16.9. The van der Waals surface area contributed by atoms with E-state index in [0.717, 1.165) is 24.2 Å². The molecule has 0 amide bonds. The van der Waals surface area contributed by atoms with E-state index in [2.05, 4.69) is 20.5 Å². The number of nitrogens with zero attached hydrogens (tertiary/aromatic N) is 3. The van der Waals surface area contributed by atoms with Crippen molar-refractivity contribution >= 4 is 11.6 Å². The van der Waals surface area contributed by atoms with E-state index in [0.29, 0.717) is 32.3 Å². The van der Waals surface area contributed by atoms with Gasteiger partial charge in [0.05, 0.1) is 24.2 Å². The molecule has 0 aliphatic carbocycles. The van der Waals surface area contributed by atoms with E-state index in [9.17, 15) is 14.5 Å². The second kappa shape index (κ2) is 10.7. The zero-order valence-corrected chi connectivity index (χ0v) is 16.9. The third-order valence-corrected chi connectivity index (χ3v) is 5.01. The van der Waals surface area contributed by atoms with E-state index < -0.39 is 4.92 Å². The van der Waals surface area contributed by atoms with Gasteiger partial charge in [-0.1, -0.05) is 24.3 Å². The molecular formula is C21H26FN5O3. The number of halogens is 1. The van der Waals surface area contributed by atoms with Gasteiger partial charge in [-0.25, -0.2) is 4.39 Å². The zero-order chi connectivity index (χ0) is 21.3. The maximum atomic E-state index is 13.4. The number of nitro groups is 1. The predicted octanol–water partition coefficient (Wildman–Crippen LogP) is 2.47. The Balaban J connectivity index is 1.63. The lowest BCUT2D eigenvalue weighted by atomic mass is 10.0. The summed E-state index contributed by atoms with van der Waals surface area (Å²) in [4.78, 5) is 17.1. The first-order valence-corrected chi connectivity index (χ1v) is 9.82. The van der Waals surface area contributed by atoms with Crippen molar-refractivity contribution in [2.45, 2.75) is 12.6 Å². The predicted molar refractivity (Wildman–Crippen MR) is 113 cm³/mol. The van der Waals surface area contributed by atoms with Gasteiger partial charge in [-0.05, 0) is 23.3 Å². The molecule has 1 aliphatic heterocycles. The van der Waals surface area contributed by atoms with Crippen molar-refractivity contribution in [2.24, 2.45) is 4.99 Å². The topological polar surface area (TPSA) is 92.0 Å². The Bertz CT molecular complexity index is 869. The highest BCUT2D eigenvalue weighted by molar-refractivity contribution is 5.79. The van der Waals surface area contributed by atoms with Gasteiger partial charge in [0, 0.05) is 45.4 Å². The maximum absolute atomic E-state index is 13.4. The van der Waals surface area contributed by atoms with Crippen molar-refractivity contribution in [3.63, 3.8) is 0 Å². The normalized spacial score (nSPS) is 16.1. The lowest BCUT2D eigenvalue weighted by Crippen LogP contribution is -2.46. The Hall–Kier alpha value is -3.04. The van der Waals surface area contributed by atoms with Gasteiger partial charge in [-0.3, -0.25) is 20.0 Å². The van der Waals surface area contributed by atoms with E-state index in [1.807, 2.05) is 6.07 Å². The van der Waals surface area contributed by atoms with Crippen LogP contribution in [0.5, 0.6) is 0 Å². The van der Waals surface area contributed by atoms with Crippen LogP contribution in [0, 0.1) is 15.9 Å². The fourth-order valence-electron chi connectivity index (χ4n) is 3.41. The van der Waals surface area contributed by atoms with Crippen molar-refractivity contribution in [2.75, 3.05) is 39.9 Å². The summed E-state index contributed by atoms with van der Waals surface area (Å²) in [6.07, 6.45) is 0. The van der Waals surface area contributed by atoms with Crippen molar-refractivity contribution in [1.29, 1.82) is 0 Å². The average molecular weight is 415 g/mol. The molecule has 2 aromatic carbocycles. The number of morpholine rings is 1. The number of aliphatic imine (C=N–C) groups is 1. The molecule has 1 unspecified atom stereocenters. The summed E-state index contributed by atoms with van der Waals surface area (Å²) in [5, 5.41) is 17.4. The largest absolute Gasteiger partial charge is 0.379 e. The van der Waals surface area contributed by atoms with Gasteiger partial charge in [0.2, 0.25) is 0 Å². The number of nitro benzene ring substituents is 1. The average Bonchev–Trinajstić information content (AvgIpc) is 2.78. The van der Waals surface area contributed by atoms with Gasteiger partial charge >= 0.3 is 0 Å². The minimum atomic E-state index is -0.411. The van der Waals surface area contributed by atoms with Gasteiger partial charge in [0.1, 0.15) is 5.82 Å². The van der Waals surface area contributed by atoms with Crippen molar-refractivity contribution in [1.82, 2.24) is 15.5 Å². The number of nitrogens with one attached hydrogen (secondary N) is 2. The van der Waals surface area contributed by atoms with Gasteiger partial charge in [0.25, 0.3) is 5.69 Å². The molecule has 160 valence electrons. The fraction of sp³-hybridized carbons (Fsp3) is 0.381. The van der Waals surface area contributed by atoms with Crippen LogP contribution in [0.4, 0.5) is 10.1 Å². The molecule has 0 radical (unpaired) electrons. The minimum absolute atomic E-state index is 0.0332. The molecule has 0 spiro atoms. The monoisotopic (exact) mass is 415 g/mol. The fourth-order valence-corrected chi connectivity index (χ4v) is 3.41. The Kier molecular flexibility index (Phi) is 7.69. The first kappa shape index (κ1) is 21.7. The molecule has 1 atom stereocenters. The van der Waals surface area contributed by atoms with E-state index >= 15 is 0 Å². The van der Waals surface area contributed by atoms with Gasteiger partial charge < -0.3 is 15.4 Å². The van der Waals surface area contributed by atoms with Crippen LogP contribution >= 0.6 is 0 Å². The smallest absolute Gasteiger partial charge is 0.269 e. The van der Waals surface area contributed by atoms with Crippen LogP contribution in [0.3, 0.4) is 0 Å². The summed E-state index contributed by atoms with van der Waals surface area (Å²) < 4.78 is 18.8. The molecule has 0 saturated carbocycles. The SMILES string of the molecule is CN=C(NCc1cccc([N+](=O)[O-])c1)NCC(c1ccc(F)cc1)N1CCOCC1. The molecule has 30 heavy (non-hydrogen) atoms. The maximum Gasteiger partial charge on any atom is 0.269 e. The summed E-state index contributed by atoms with van der Waals surface area (Å²) in [6, 6.07) is 13.1. The van der Waals surface area contributed by atoms with E-state index in [1.54, 1.807) is 25.2 Å². The van der Waals surface area contributed by atoms with Crippen LogP contribution in [0.1, 0.15) is 17.2 Å². The highest BCUT2D eigenvalue weighted by Gasteiger charge is 2.23. The Morgan fingerprint density at radius 1 is 1.23 bits per heavy atom. The molecule has 1 fully saturated rings. The Labute approximate surface area is 174 Å². The number of hydrogen-bond donors (Lipinski definition) is 2. The molecule has 3 rings (SSSR count). The number of non-ortho nitro benzene ring substituents is 1. The number of hydrogen-bond acceptors (Lipinski definition) is 5. The molecule has 9 heteroatoms. The van der Waals surface area contributed by atoms with E-state index in [-0.39, 0.29) is 17.5 Å². The molecule has 2 N–H and O–H groups in total. The third-order valence-electron chi connectivity index (χ3n) is 5.01. The van der Waals surface area contributed by atoms with Crippen LogP contribution < -0.4 is 10.6 Å². The van der Waals surface area contributed by atoms with Crippen LogP contribution in [-0.4, -0.2) is 55.7 Å². The summed E-state index contributed by atoms with van der Waals surface area (Å²) in [6.45, 7) is 3.89. The van der Waals surface area contributed by atoms with Crippen molar-refractivity contribution in [3.05, 3.63) is 75.6 Å². The first-order chi connectivity index (χ1) is 14.6. The molecule has 0 aromatic heterocycles. The highest BCUT2D eigenvalue weighted by atomic mass is 19.1. The standard InChI is InChI=1S/C21H26FN5O3/c1-23-21(24-14-16-3-2-4-19(13-16)27(28)29)25-15-20(26-9-11-30-12-10-26)17-5-7-18(22)8-6-17/h2-8,13,20H,9-12,14-15H2,1H3,(H2,23,24,25). The number of rotatable bonds is 7. The molecule has 8 nitrogen and oxygen atoms in total. The van der Waals surface area contributed by atoms with Crippen LogP contribution in [0.15, 0.2) is 53.5 Å². The van der Waals surface area contributed by atoms with E-state index in [4.69, 9.17) is 4.74 Å². The summed E-state index contributed by atoms with van der Waals surface area (Å²) in [5.74, 6) is 0.323. The number of ether oxygens (including phenoxy) is 1. The Morgan fingerprint density at radius 2 is 1.97 bits per heavy atom. The second-order valence-corrected chi connectivity index (χ2v) is 6.95. The van der Waals surface area contributed by atoms with Gasteiger partial charge in [-0.15, -0.1) is 0 Å². The minimum Gasteiger partial charge on any atom is -0.379 e. The second-order valence-electron chi connectivity index (χ2n) is 6.95. The van der Waals surface area contributed by atoms with Crippen molar-refractivity contribution < 1.29 is 14.1 Å². The van der Waals surface area contributed by atoms with Crippen LogP contribution in [0.25, 0.3) is 0 Å². The summed E-state index contributed by atoms with van der Waals surface area (Å²) >= 11 is 0. The molecule has 0 bridgehead atoms. The van der Waals surface area contributed by atoms with Crippen LogP contribution in [-0.2, 0) is 11.3 Å². The molecule has 1 aliphatic rings. The van der Waals surface area contributed by atoms with Gasteiger partial charge in [-0.2, -0.15) is 0 Å². The van der Waals surface area contributed by atoms with Gasteiger partial charge in [0.15, 0.2) is 5.96 Å². The highest BCUT2D eigenvalue weighted by Crippen LogP contribution is 2.21. The third kappa shape index (κ3) is 5.98. The number of benzene rings is 2. The quantitative estimate of drug-likeness (QED) is 0.312. The first-order valence-electron chi connectivity index (χ1n) is 9.82. The Morgan fingerprint density at radius 3 is 2.63 bits per heavy atom. The molecule has 1 heterocycles. The molecular weight excluding hydrogens is 389 g/mol. The molecule has 1 saturated heterocycles. The van der Waals surface area contributed by atoms with Crippen molar-refractivity contribution in [3.8, 4) is 0 Å². The molecule has 2 aromatic rings.